The molecule has 1 amide bonds. The van der Waals surface area contributed by atoms with Crippen molar-refractivity contribution in [2.45, 2.75) is 40.2 Å². The van der Waals surface area contributed by atoms with Gasteiger partial charge in [0.1, 0.15) is 0 Å². The molecule has 0 rings (SSSR count). The molecule has 0 aliphatic carbocycles. The van der Waals surface area contributed by atoms with Crippen molar-refractivity contribution in [3.8, 4) is 0 Å². The summed E-state index contributed by atoms with van der Waals surface area (Å²) in [5, 5.41) is 0. The smallest absolute Gasteiger partial charge is 0.239 e. The molecule has 0 saturated heterocycles. The number of nitrogens with two attached hydrogens (primary N) is 1. The highest BCUT2D eigenvalue weighted by atomic mass is 16.2. The Bertz CT molecular complexity index is 180. The van der Waals surface area contributed by atoms with Gasteiger partial charge in [0.25, 0.3) is 0 Å². The third kappa shape index (κ3) is 4.09. The molecule has 3 heteroatoms. The van der Waals surface area contributed by atoms with Crippen molar-refractivity contribution in [3.05, 3.63) is 0 Å². The predicted octanol–water partition coefficient (Wildman–Crippen LogP) is 1.47. The van der Waals surface area contributed by atoms with E-state index in [2.05, 4.69) is 13.8 Å². The van der Waals surface area contributed by atoms with Crippen LogP contribution in [0.3, 0.4) is 0 Å². The van der Waals surface area contributed by atoms with E-state index >= 15 is 0 Å². The number of hydrogen-bond acceptors (Lipinski definition) is 2. The van der Waals surface area contributed by atoms with Crippen molar-refractivity contribution in [2.24, 2.45) is 17.6 Å². The molecule has 0 radical (unpaired) electrons. The minimum atomic E-state index is -0.357. The Balaban J connectivity index is 4.11. The molecular formula is C11H24N2O. The Kier molecular flexibility index (Phi) is 5.77. The van der Waals surface area contributed by atoms with E-state index in [0.29, 0.717) is 5.92 Å². The lowest BCUT2D eigenvalue weighted by Crippen LogP contribution is -2.46. The molecule has 0 saturated carbocycles. The summed E-state index contributed by atoms with van der Waals surface area (Å²) < 4.78 is 0. The van der Waals surface area contributed by atoms with Crippen LogP contribution >= 0.6 is 0 Å². The van der Waals surface area contributed by atoms with Gasteiger partial charge in [-0.25, -0.2) is 0 Å². The quantitative estimate of drug-likeness (QED) is 0.730. The van der Waals surface area contributed by atoms with Crippen LogP contribution in [0.25, 0.3) is 0 Å². The zero-order valence-corrected chi connectivity index (χ0v) is 10.1. The average Bonchev–Trinajstić information content (AvgIpc) is 2.14. The molecule has 0 aliphatic rings. The molecule has 0 fully saturated rings. The van der Waals surface area contributed by atoms with Gasteiger partial charge in [0.05, 0.1) is 6.04 Å². The summed E-state index contributed by atoms with van der Waals surface area (Å²) in [6.45, 7) is 9.02. The number of hydrogen-bond donors (Lipinski definition) is 1. The number of nitrogens with zero attached hydrogens (tertiary/aromatic N) is 1. The standard InChI is InChI=1S/C11H24N2O/c1-6-9(4)7-13(5)11(14)10(12)8(2)3/h8-10H,6-7,12H2,1-5H3/t9?,10-/m0/s1. The molecule has 0 heterocycles. The second kappa shape index (κ2) is 6.02. The highest BCUT2D eigenvalue weighted by molar-refractivity contribution is 5.81. The Labute approximate surface area is 87.6 Å². The van der Waals surface area contributed by atoms with Crippen LogP contribution in [0.1, 0.15) is 34.1 Å². The van der Waals surface area contributed by atoms with E-state index in [0.717, 1.165) is 13.0 Å². The predicted molar refractivity (Wildman–Crippen MR) is 59.9 cm³/mol. The van der Waals surface area contributed by atoms with Crippen LogP contribution < -0.4 is 5.73 Å². The number of carbonyl (C=O) groups is 1. The van der Waals surface area contributed by atoms with E-state index in [1.807, 2.05) is 20.9 Å². The van der Waals surface area contributed by atoms with Gasteiger partial charge in [-0.15, -0.1) is 0 Å². The molecule has 0 aromatic heterocycles. The second-order valence-electron chi connectivity index (χ2n) is 4.50. The first-order valence-electron chi connectivity index (χ1n) is 5.40. The first kappa shape index (κ1) is 13.4. The molecule has 14 heavy (non-hydrogen) atoms. The largest absolute Gasteiger partial charge is 0.344 e. The summed E-state index contributed by atoms with van der Waals surface area (Å²) in [5.74, 6) is 0.811. The van der Waals surface area contributed by atoms with E-state index in [9.17, 15) is 4.79 Å². The molecule has 0 bridgehead atoms. The van der Waals surface area contributed by atoms with Gasteiger partial charge in [-0.1, -0.05) is 34.1 Å². The molecule has 0 aromatic rings. The minimum absolute atomic E-state index is 0.0558. The number of carbonyl (C=O) groups excluding carboxylic acids is 1. The van der Waals surface area contributed by atoms with Gasteiger partial charge < -0.3 is 10.6 Å². The summed E-state index contributed by atoms with van der Waals surface area (Å²) in [7, 11) is 1.83. The molecule has 84 valence electrons. The maximum absolute atomic E-state index is 11.7. The van der Waals surface area contributed by atoms with Crippen molar-refractivity contribution in [1.29, 1.82) is 0 Å². The fourth-order valence-corrected chi connectivity index (χ4v) is 1.23. The number of amides is 1. The van der Waals surface area contributed by atoms with Crippen LogP contribution in [0.5, 0.6) is 0 Å². The molecule has 1 unspecified atom stereocenters. The number of likely N-dealkylation sites (N-methyl/N-ethyl adjacent to an activating group) is 1. The zero-order valence-electron chi connectivity index (χ0n) is 10.1. The van der Waals surface area contributed by atoms with Crippen LogP contribution in [0, 0.1) is 11.8 Å². The Hall–Kier alpha value is -0.570. The van der Waals surface area contributed by atoms with Crippen LogP contribution in [0.4, 0.5) is 0 Å². The fourth-order valence-electron chi connectivity index (χ4n) is 1.23. The lowest BCUT2D eigenvalue weighted by molar-refractivity contribution is -0.132. The van der Waals surface area contributed by atoms with Gasteiger partial charge in [-0.2, -0.15) is 0 Å². The lowest BCUT2D eigenvalue weighted by Gasteiger charge is -2.25. The summed E-state index contributed by atoms with van der Waals surface area (Å²) in [4.78, 5) is 13.5. The first-order chi connectivity index (χ1) is 6.40. The molecular weight excluding hydrogens is 176 g/mol. The monoisotopic (exact) mass is 200 g/mol. The van der Waals surface area contributed by atoms with Gasteiger partial charge in [-0.3, -0.25) is 4.79 Å². The zero-order chi connectivity index (χ0) is 11.3. The van der Waals surface area contributed by atoms with Gasteiger partial charge in [0.15, 0.2) is 0 Å². The summed E-state index contributed by atoms with van der Waals surface area (Å²) in [5.41, 5.74) is 5.79. The second-order valence-corrected chi connectivity index (χ2v) is 4.50. The summed E-state index contributed by atoms with van der Waals surface area (Å²) >= 11 is 0. The van der Waals surface area contributed by atoms with Crippen molar-refractivity contribution in [1.82, 2.24) is 4.90 Å². The van der Waals surface area contributed by atoms with Gasteiger partial charge in [0.2, 0.25) is 5.91 Å². The number of rotatable bonds is 5. The van der Waals surface area contributed by atoms with Gasteiger partial charge in [-0.05, 0) is 11.8 Å². The fraction of sp³-hybridized carbons (Fsp3) is 0.909. The van der Waals surface area contributed by atoms with Gasteiger partial charge in [0, 0.05) is 13.6 Å². The summed E-state index contributed by atoms with van der Waals surface area (Å²) in [6.07, 6.45) is 1.09. The molecule has 0 aromatic carbocycles. The minimum Gasteiger partial charge on any atom is -0.344 e. The van der Waals surface area contributed by atoms with E-state index in [1.54, 1.807) is 4.90 Å². The van der Waals surface area contributed by atoms with Crippen molar-refractivity contribution in [3.63, 3.8) is 0 Å². The van der Waals surface area contributed by atoms with Crippen molar-refractivity contribution < 1.29 is 4.79 Å². The van der Waals surface area contributed by atoms with Crippen LogP contribution in [0.2, 0.25) is 0 Å². The lowest BCUT2D eigenvalue weighted by atomic mass is 10.0. The summed E-state index contributed by atoms with van der Waals surface area (Å²) in [6, 6.07) is -0.357. The molecule has 2 atom stereocenters. The van der Waals surface area contributed by atoms with E-state index in [-0.39, 0.29) is 17.9 Å². The maximum atomic E-state index is 11.7. The highest BCUT2D eigenvalue weighted by Crippen LogP contribution is 2.06. The van der Waals surface area contributed by atoms with E-state index < -0.39 is 0 Å². The molecule has 0 aliphatic heterocycles. The van der Waals surface area contributed by atoms with Crippen LogP contribution in [0.15, 0.2) is 0 Å². The van der Waals surface area contributed by atoms with E-state index in [4.69, 9.17) is 5.73 Å². The maximum Gasteiger partial charge on any atom is 0.239 e. The van der Waals surface area contributed by atoms with Crippen molar-refractivity contribution in [2.75, 3.05) is 13.6 Å². The molecule has 2 N–H and O–H groups in total. The Morgan fingerprint density at radius 1 is 1.36 bits per heavy atom. The third-order valence-electron chi connectivity index (χ3n) is 2.66. The Morgan fingerprint density at radius 2 is 1.86 bits per heavy atom. The highest BCUT2D eigenvalue weighted by Gasteiger charge is 2.21. The average molecular weight is 200 g/mol. The van der Waals surface area contributed by atoms with Crippen LogP contribution in [-0.2, 0) is 4.79 Å². The SMILES string of the molecule is CCC(C)CN(C)C(=O)[C@@H](N)C(C)C. The molecule has 3 nitrogen and oxygen atoms in total. The third-order valence-corrected chi connectivity index (χ3v) is 2.66. The first-order valence-corrected chi connectivity index (χ1v) is 5.40. The van der Waals surface area contributed by atoms with Crippen LogP contribution in [-0.4, -0.2) is 30.4 Å². The van der Waals surface area contributed by atoms with Crippen molar-refractivity contribution >= 4 is 5.91 Å². The molecule has 0 spiro atoms. The Morgan fingerprint density at radius 3 is 2.21 bits per heavy atom. The topological polar surface area (TPSA) is 46.3 Å². The van der Waals surface area contributed by atoms with Gasteiger partial charge >= 0.3 is 0 Å². The van der Waals surface area contributed by atoms with E-state index in [1.165, 1.54) is 0 Å². The normalized spacial score (nSPS) is 15.4.